The topological polar surface area (TPSA) is 102 Å². The van der Waals surface area contributed by atoms with Gasteiger partial charge in [0.2, 0.25) is 0 Å². The molecule has 3 aromatic carbocycles. The van der Waals surface area contributed by atoms with E-state index in [-0.39, 0.29) is 17.6 Å². The summed E-state index contributed by atoms with van der Waals surface area (Å²) < 4.78 is 34.5. The Labute approximate surface area is 217 Å². The lowest BCUT2D eigenvalue weighted by molar-refractivity contribution is -0.138. The summed E-state index contributed by atoms with van der Waals surface area (Å²) in [5, 5.41) is 12.6. The standard InChI is InChI=1S/C29H31NO6S/c1-18-12-23(35-10-3-11-37(2,33)34)14-21-17-36-27-9-4-19(13-26(27)28(18)21)16-30-22-7-5-20(6-8-22)24-15-25(24)29(31)32/h4-9,12-14,24-25,30H,3,10-11,15-17H2,1-2H3,(H,31,32)/t24-,25+/m1/s1. The molecule has 1 aliphatic carbocycles. The zero-order valence-electron chi connectivity index (χ0n) is 21.0. The molecule has 5 rings (SSSR count). The van der Waals surface area contributed by atoms with E-state index in [0.717, 1.165) is 57.0 Å². The van der Waals surface area contributed by atoms with E-state index in [1.54, 1.807) is 0 Å². The van der Waals surface area contributed by atoms with E-state index < -0.39 is 15.8 Å². The molecule has 0 radical (unpaired) electrons. The number of rotatable bonds is 10. The summed E-state index contributed by atoms with van der Waals surface area (Å²) in [5.41, 5.74) is 7.51. The Hall–Kier alpha value is -3.52. The van der Waals surface area contributed by atoms with Crippen LogP contribution in [0.4, 0.5) is 5.69 Å². The third-order valence-corrected chi connectivity index (χ3v) is 7.99. The summed E-state index contributed by atoms with van der Waals surface area (Å²) in [6, 6.07) is 18.2. The summed E-state index contributed by atoms with van der Waals surface area (Å²) in [6.07, 6.45) is 2.41. The van der Waals surface area contributed by atoms with Gasteiger partial charge in [-0.2, -0.15) is 0 Å². The predicted octanol–water partition coefficient (Wildman–Crippen LogP) is 5.17. The van der Waals surface area contributed by atoms with Crippen molar-refractivity contribution in [2.45, 2.75) is 38.8 Å². The Kier molecular flexibility index (Phi) is 6.86. The number of hydrogen-bond acceptors (Lipinski definition) is 6. The lowest BCUT2D eigenvalue weighted by atomic mass is 9.91. The number of hydrogen-bond donors (Lipinski definition) is 2. The minimum atomic E-state index is -2.99. The van der Waals surface area contributed by atoms with Gasteiger partial charge in [-0.1, -0.05) is 18.2 Å². The average Bonchev–Trinajstić information content (AvgIpc) is 3.66. The predicted molar refractivity (Wildman–Crippen MR) is 143 cm³/mol. The highest BCUT2D eigenvalue weighted by Gasteiger charge is 2.44. The molecule has 1 heterocycles. The first kappa shape index (κ1) is 25.1. The van der Waals surface area contributed by atoms with Crippen molar-refractivity contribution in [1.82, 2.24) is 0 Å². The minimum absolute atomic E-state index is 0.111. The molecule has 1 aliphatic heterocycles. The average molecular weight is 522 g/mol. The molecule has 1 fully saturated rings. The van der Waals surface area contributed by atoms with Crippen LogP contribution in [-0.2, 0) is 27.8 Å². The highest BCUT2D eigenvalue weighted by molar-refractivity contribution is 7.90. The van der Waals surface area contributed by atoms with E-state index in [1.165, 1.54) is 6.26 Å². The largest absolute Gasteiger partial charge is 0.494 e. The van der Waals surface area contributed by atoms with Gasteiger partial charge in [0.15, 0.2) is 0 Å². The molecule has 7 nitrogen and oxygen atoms in total. The maximum atomic E-state index is 11.3. The van der Waals surface area contributed by atoms with Crippen LogP contribution in [0.1, 0.15) is 41.0 Å². The third-order valence-electron chi connectivity index (χ3n) is 6.96. The van der Waals surface area contributed by atoms with Crippen LogP contribution in [0.25, 0.3) is 11.1 Å². The molecule has 0 spiro atoms. The first-order valence-electron chi connectivity index (χ1n) is 12.4. The van der Waals surface area contributed by atoms with Gasteiger partial charge in [-0.15, -0.1) is 0 Å². The second-order valence-corrected chi connectivity index (χ2v) is 12.2. The van der Waals surface area contributed by atoms with Crippen LogP contribution in [0.3, 0.4) is 0 Å². The van der Waals surface area contributed by atoms with Crippen LogP contribution in [0.2, 0.25) is 0 Å². The molecule has 2 atom stereocenters. The number of aryl methyl sites for hydroxylation is 1. The van der Waals surface area contributed by atoms with Gasteiger partial charge >= 0.3 is 5.97 Å². The monoisotopic (exact) mass is 521 g/mol. The molecule has 0 saturated heterocycles. The van der Waals surface area contributed by atoms with Gasteiger partial charge in [0, 0.05) is 29.6 Å². The summed E-state index contributed by atoms with van der Waals surface area (Å²) in [6.45, 7) is 3.50. The molecular weight excluding hydrogens is 490 g/mol. The Bertz CT molecular complexity index is 1430. The Morgan fingerprint density at radius 2 is 1.92 bits per heavy atom. The molecule has 2 N–H and O–H groups in total. The van der Waals surface area contributed by atoms with E-state index in [1.807, 2.05) is 42.5 Å². The Balaban J connectivity index is 1.25. The van der Waals surface area contributed by atoms with Crippen molar-refractivity contribution >= 4 is 21.5 Å². The summed E-state index contributed by atoms with van der Waals surface area (Å²) in [4.78, 5) is 11.1. The van der Waals surface area contributed by atoms with Crippen molar-refractivity contribution in [3.05, 3.63) is 76.9 Å². The maximum Gasteiger partial charge on any atom is 0.307 e. The first-order chi connectivity index (χ1) is 17.7. The van der Waals surface area contributed by atoms with Crippen molar-refractivity contribution in [2.75, 3.05) is 23.9 Å². The van der Waals surface area contributed by atoms with Gasteiger partial charge in [-0.3, -0.25) is 4.79 Å². The Morgan fingerprint density at radius 3 is 2.62 bits per heavy atom. The number of ether oxygens (including phenoxy) is 2. The number of carboxylic acids is 1. The number of aliphatic carboxylic acids is 1. The van der Waals surface area contributed by atoms with Gasteiger partial charge in [-0.05, 0) is 84.3 Å². The molecule has 3 aromatic rings. The summed E-state index contributed by atoms with van der Waals surface area (Å²) in [7, 11) is -2.99. The molecule has 194 valence electrons. The Morgan fingerprint density at radius 1 is 1.14 bits per heavy atom. The quantitative estimate of drug-likeness (QED) is 0.355. The molecular formula is C29H31NO6S. The lowest BCUT2D eigenvalue weighted by Crippen LogP contribution is -2.10. The highest BCUT2D eigenvalue weighted by atomic mass is 32.2. The molecule has 0 amide bonds. The third kappa shape index (κ3) is 5.91. The van der Waals surface area contributed by atoms with Gasteiger partial charge in [0.05, 0.1) is 18.3 Å². The van der Waals surface area contributed by atoms with E-state index in [0.29, 0.717) is 26.2 Å². The number of anilines is 1. The van der Waals surface area contributed by atoms with Crippen LogP contribution in [0, 0.1) is 12.8 Å². The van der Waals surface area contributed by atoms with Crippen LogP contribution < -0.4 is 14.8 Å². The SMILES string of the molecule is Cc1cc(OCCCS(C)(=O)=O)cc2c1-c1cc(CNc3ccc([C@H]4C[C@@H]4C(=O)O)cc3)ccc1OC2. The number of carbonyl (C=O) groups is 1. The van der Waals surface area contributed by atoms with E-state index in [2.05, 4.69) is 24.4 Å². The fraction of sp³-hybridized carbons (Fsp3) is 0.345. The van der Waals surface area contributed by atoms with E-state index in [4.69, 9.17) is 14.6 Å². The molecule has 1 saturated carbocycles. The van der Waals surface area contributed by atoms with Crippen LogP contribution in [0.15, 0.2) is 54.6 Å². The van der Waals surface area contributed by atoms with Crippen molar-refractivity contribution < 1.29 is 27.8 Å². The minimum Gasteiger partial charge on any atom is -0.494 e. The number of nitrogens with one attached hydrogen (secondary N) is 1. The van der Waals surface area contributed by atoms with Crippen LogP contribution in [0.5, 0.6) is 11.5 Å². The zero-order valence-corrected chi connectivity index (χ0v) is 21.8. The van der Waals surface area contributed by atoms with Crippen molar-refractivity contribution in [3.8, 4) is 22.6 Å². The highest BCUT2D eigenvalue weighted by Crippen LogP contribution is 2.47. The molecule has 0 unspecified atom stereocenters. The van der Waals surface area contributed by atoms with Gasteiger partial charge in [-0.25, -0.2) is 8.42 Å². The molecule has 0 bridgehead atoms. The fourth-order valence-electron chi connectivity index (χ4n) is 4.97. The molecule has 37 heavy (non-hydrogen) atoms. The second kappa shape index (κ2) is 10.1. The molecule has 2 aliphatic rings. The van der Waals surface area contributed by atoms with Gasteiger partial charge < -0.3 is 19.9 Å². The van der Waals surface area contributed by atoms with Crippen molar-refractivity contribution in [3.63, 3.8) is 0 Å². The van der Waals surface area contributed by atoms with E-state index in [9.17, 15) is 13.2 Å². The van der Waals surface area contributed by atoms with Gasteiger partial charge in [0.1, 0.15) is 27.9 Å². The van der Waals surface area contributed by atoms with Gasteiger partial charge in [0.25, 0.3) is 0 Å². The van der Waals surface area contributed by atoms with Crippen molar-refractivity contribution in [1.29, 1.82) is 0 Å². The smallest absolute Gasteiger partial charge is 0.307 e. The second-order valence-electron chi connectivity index (χ2n) is 9.99. The maximum absolute atomic E-state index is 11.3. The van der Waals surface area contributed by atoms with Crippen molar-refractivity contribution in [2.24, 2.45) is 5.92 Å². The number of carboxylic acid groups (broad SMARTS) is 1. The summed E-state index contributed by atoms with van der Waals surface area (Å²) >= 11 is 0. The molecule has 8 heteroatoms. The molecule has 0 aromatic heterocycles. The normalized spacial score (nSPS) is 17.8. The van der Waals surface area contributed by atoms with E-state index >= 15 is 0 Å². The summed E-state index contributed by atoms with van der Waals surface area (Å²) in [5.74, 6) is 0.856. The van der Waals surface area contributed by atoms with Crippen LogP contribution >= 0.6 is 0 Å². The zero-order chi connectivity index (χ0) is 26.2. The number of fused-ring (bicyclic) bond motifs is 3. The number of benzene rings is 3. The lowest BCUT2D eigenvalue weighted by Gasteiger charge is -2.24. The van der Waals surface area contributed by atoms with Crippen LogP contribution in [-0.4, -0.2) is 38.1 Å². The first-order valence-corrected chi connectivity index (χ1v) is 14.5. The fourth-order valence-corrected chi connectivity index (χ4v) is 5.61. The number of sulfone groups is 1.